The van der Waals surface area contributed by atoms with Crippen LogP contribution < -0.4 is 11.1 Å². The van der Waals surface area contributed by atoms with Crippen molar-refractivity contribution in [2.75, 3.05) is 19.8 Å². The van der Waals surface area contributed by atoms with E-state index in [1.54, 1.807) is 6.08 Å². The Kier molecular flexibility index (Phi) is 36.3. The number of nitrogens with one attached hydrogen (secondary N) is 1. The van der Waals surface area contributed by atoms with Gasteiger partial charge in [-0.3, -0.25) is 13.8 Å². The van der Waals surface area contributed by atoms with Gasteiger partial charge >= 0.3 is 7.82 Å². The molecule has 8 nitrogen and oxygen atoms in total. The first kappa shape index (κ1) is 49.4. The number of amides is 1. The van der Waals surface area contributed by atoms with Gasteiger partial charge in [-0.05, 0) is 70.6 Å². The van der Waals surface area contributed by atoms with Crippen molar-refractivity contribution in [3.63, 3.8) is 0 Å². The highest BCUT2D eigenvalue weighted by Gasteiger charge is 2.26. The van der Waals surface area contributed by atoms with Crippen LogP contribution in [-0.4, -0.2) is 47.8 Å². The Balaban J connectivity index is 4.36. The summed E-state index contributed by atoms with van der Waals surface area (Å²) < 4.78 is 22.0. The zero-order chi connectivity index (χ0) is 38.2. The number of hydrogen-bond donors (Lipinski definition) is 4. The quantitative estimate of drug-likeness (QED) is 0.0289. The minimum atomic E-state index is -4.35. The highest BCUT2D eigenvalue weighted by molar-refractivity contribution is 7.47. The summed E-state index contributed by atoms with van der Waals surface area (Å²) in [5, 5.41) is 13.5. The van der Waals surface area contributed by atoms with E-state index in [0.29, 0.717) is 6.42 Å². The van der Waals surface area contributed by atoms with Gasteiger partial charge in [-0.15, -0.1) is 0 Å². The molecule has 0 rings (SSSR count). The van der Waals surface area contributed by atoms with Crippen molar-refractivity contribution >= 4 is 13.7 Å². The molecule has 0 heterocycles. The normalized spacial score (nSPS) is 15.2. The Morgan fingerprint density at radius 2 is 1.12 bits per heavy atom. The van der Waals surface area contributed by atoms with E-state index in [9.17, 15) is 19.4 Å². The number of phosphoric acid groups is 1. The third-order valence-electron chi connectivity index (χ3n) is 7.92. The van der Waals surface area contributed by atoms with Gasteiger partial charge in [-0.2, -0.15) is 0 Å². The maximum Gasteiger partial charge on any atom is 0.472 e. The largest absolute Gasteiger partial charge is 0.472 e. The second-order valence-corrected chi connectivity index (χ2v) is 14.2. The second kappa shape index (κ2) is 38.2. The van der Waals surface area contributed by atoms with Gasteiger partial charge in [-0.25, -0.2) is 4.57 Å². The molecule has 0 fully saturated rings. The summed E-state index contributed by atoms with van der Waals surface area (Å²) >= 11 is 0. The van der Waals surface area contributed by atoms with Crippen LogP contribution >= 0.6 is 7.82 Å². The first-order valence-corrected chi connectivity index (χ1v) is 21.4. The third kappa shape index (κ3) is 35.8. The summed E-state index contributed by atoms with van der Waals surface area (Å²) in [6.07, 6.45) is 51.8. The number of carbonyl (C=O) groups excluding carboxylic acids is 1. The van der Waals surface area contributed by atoms with Crippen LogP contribution in [0.2, 0.25) is 0 Å². The van der Waals surface area contributed by atoms with E-state index in [0.717, 1.165) is 70.6 Å². The van der Waals surface area contributed by atoms with Crippen molar-refractivity contribution in [2.45, 2.75) is 148 Å². The van der Waals surface area contributed by atoms with Crippen molar-refractivity contribution in [3.8, 4) is 0 Å². The maximum atomic E-state index is 12.7. The summed E-state index contributed by atoms with van der Waals surface area (Å²) in [7, 11) is -4.35. The smallest absolute Gasteiger partial charge is 0.387 e. The van der Waals surface area contributed by atoms with Gasteiger partial charge in [0.2, 0.25) is 5.91 Å². The van der Waals surface area contributed by atoms with Crippen molar-refractivity contribution in [1.29, 1.82) is 0 Å². The number of carbonyl (C=O) groups is 1. The highest BCUT2D eigenvalue weighted by Crippen LogP contribution is 2.43. The Hall–Kier alpha value is -2.58. The highest BCUT2D eigenvalue weighted by atomic mass is 31.2. The molecule has 0 spiro atoms. The number of nitrogens with two attached hydrogens (primary N) is 1. The van der Waals surface area contributed by atoms with Crippen LogP contribution in [0.4, 0.5) is 0 Å². The van der Waals surface area contributed by atoms with E-state index in [4.69, 9.17) is 14.8 Å². The second-order valence-electron chi connectivity index (χ2n) is 12.8. The van der Waals surface area contributed by atoms with Gasteiger partial charge in [0.1, 0.15) is 0 Å². The van der Waals surface area contributed by atoms with E-state index in [2.05, 4.69) is 104 Å². The van der Waals surface area contributed by atoms with Crippen LogP contribution in [0.5, 0.6) is 0 Å². The SMILES string of the molecule is CC/C=C\C/C=C\C/C=C\C/C=C\C/C=C\C/C=C\C/C=C\CCCC(=O)NC(COP(=O)(O)OCCN)C(O)/C=C/CCCCCCCCCC. The molecule has 0 aliphatic heterocycles. The zero-order valence-corrected chi connectivity index (χ0v) is 33.4. The lowest BCUT2D eigenvalue weighted by Crippen LogP contribution is -2.45. The lowest BCUT2D eigenvalue weighted by atomic mass is 10.1. The monoisotopic (exact) mass is 745 g/mol. The lowest BCUT2D eigenvalue weighted by Gasteiger charge is -2.23. The first-order chi connectivity index (χ1) is 25.4. The van der Waals surface area contributed by atoms with E-state index < -0.39 is 20.0 Å². The van der Waals surface area contributed by atoms with E-state index >= 15 is 0 Å². The topological polar surface area (TPSA) is 131 Å². The molecule has 52 heavy (non-hydrogen) atoms. The number of allylic oxidation sites excluding steroid dienone is 15. The molecular weight excluding hydrogens is 671 g/mol. The molecule has 296 valence electrons. The molecule has 3 unspecified atom stereocenters. The third-order valence-corrected chi connectivity index (χ3v) is 8.90. The van der Waals surface area contributed by atoms with Crippen LogP contribution in [-0.2, 0) is 18.4 Å². The molecule has 0 saturated heterocycles. The Bertz CT molecular complexity index is 1120. The molecule has 0 aromatic rings. The maximum absolute atomic E-state index is 12.7. The average molecular weight is 745 g/mol. The molecule has 0 saturated carbocycles. The van der Waals surface area contributed by atoms with Crippen molar-refractivity contribution in [2.24, 2.45) is 5.73 Å². The number of phosphoric ester groups is 1. The fourth-order valence-electron chi connectivity index (χ4n) is 4.94. The van der Waals surface area contributed by atoms with Crippen LogP contribution in [0.3, 0.4) is 0 Å². The Labute approximate surface area is 317 Å². The number of aliphatic hydroxyl groups excluding tert-OH is 1. The van der Waals surface area contributed by atoms with Gasteiger partial charge in [-0.1, -0.05) is 156 Å². The van der Waals surface area contributed by atoms with Gasteiger partial charge in [0, 0.05) is 13.0 Å². The Morgan fingerprint density at radius 3 is 1.62 bits per heavy atom. The van der Waals surface area contributed by atoms with Crippen LogP contribution in [0.1, 0.15) is 136 Å². The number of aliphatic hydroxyl groups is 1. The van der Waals surface area contributed by atoms with Crippen LogP contribution in [0, 0.1) is 0 Å². The van der Waals surface area contributed by atoms with E-state index in [1.807, 2.05) is 6.08 Å². The molecule has 3 atom stereocenters. The van der Waals surface area contributed by atoms with Crippen molar-refractivity contribution < 1.29 is 28.4 Å². The summed E-state index contributed by atoms with van der Waals surface area (Å²) in [5.74, 6) is -0.259. The predicted octanol–water partition coefficient (Wildman–Crippen LogP) is 10.8. The fourth-order valence-corrected chi connectivity index (χ4v) is 5.70. The summed E-state index contributed by atoms with van der Waals surface area (Å²) in [6, 6.07) is -0.895. The summed E-state index contributed by atoms with van der Waals surface area (Å²) in [6.45, 7) is 3.91. The molecule has 1 amide bonds. The van der Waals surface area contributed by atoms with E-state index in [1.165, 1.54) is 38.5 Å². The van der Waals surface area contributed by atoms with Gasteiger partial charge < -0.3 is 21.1 Å². The molecule has 0 bridgehead atoms. The first-order valence-electron chi connectivity index (χ1n) is 19.9. The van der Waals surface area contributed by atoms with Crippen LogP contribution in [0.25, 0.3) is 0 Å². The molecule has 0 radical (unpaired) electrons. The minimum Gasteiger partial charge on any atom is -0.387 e. The van der Waals surface area contributed by atoms with Crippen LogP contribution in [0.15, 0.2) is 97.2 Å². The van der Waals surface area contributed by atoms with Gasteiger partial charge in [0.25, 0.3) is 0 Å². The fraction of sp³-hybridized carbons (Fsp3) is 0.605. The number of unbranched alkanes of at least 4 members (excludes halogenated alkanes) is 9. The average Bonchev–Trinajstić information content (AvgIpc) is 3.13. The molecule has 0 aliphatic carbocycles. The molecule has 9 heteroatoms. The molecule has 0 aliphatic rings. The predicted molar refractivity (Wildman–Crippen MR) is 221 cm³/mol. The van der Waals surface area contributed by atoms with Gasteiger partial charge in [0.15, 0.2) is 0 Å². The number of hydrogen-bond acceptors (Lipinski definition) is 6. The minimum absolute atomic E-state index is 0.0635. The van der Waals surface area contributed by atoms with Crippen molar-refractivity contribution in [1.82, 2.24) is 5.32 Å². The number of rotatable bonds is 35. The standard InChI is InChI=1S/C43H73N2O6P/c1-3-5-7-9-11-13-15-16-17-18-19-20-21-22-23-24-25-26-27-29-31-33-35-37-43(47)45-41(40-51-52(48,49)50-39-38-44)42(46)36-34-32-30-28-14-12-10-8-6-4-2/h5,7,11,13,16-17,19-20,22-23,25-26,29,31,34,36,41-42,46H,3-4,6,8-10,12,14-15,18,21,24,27-28,30,32-33,35,37-40,44H2,1-2H3,(H,45,47)(H,48,49)/b7-5-,13-11-,17-16-,20-19-,23-22-,26-25-,31-29-,36-34+. The molecule has 0 aromatic heterocycles. The van der Waals surface area contributed by atoms with Gasteiger partial charge in [0.05, 0.1) is 25.4 Å². The lowest BCUT2D eigenvalue weighted by molar-refractivity contribution is -0.122. The summed E-state index contributed by atoms with van der Waals surface area (Å²) in [4.78, 5) is 22.6. The summed E-state index contributed by atoms with van der Waals surface area (Å²) in [5.41, 5.74) is 5.35. The molecule has 0 aromatic carbocycles. The van der Waals surface area contributed by atoms with E-state index in [-0.39, 0.29) is 32.1 Å². The molecular formula is C43H73N2O6P. The molecule has 5 N–H and O–H groups in total. The van der Waals surface area contributed by atoms with Crippen molar-refractivity contribution in [3.05, 3.63) is 97.2 Å². The zero-order valence-electron chi connectivity index (χ0n) is 32.5. The Morgan fingerprint density at radius 1 is 0.654 bits per heavy atom.